The highest BCUT2D eigenvalue weighted by Crippen LogP contribution is 2.28. The molecule has 4 aromatic rings. The van der Waals surface area contributed by atoms with Gasteiger partial charge in [0.1, 0.15) is 5.75 Å². The highest BCUT2D eigenvalue weighted by Gasteiger charge is 2.14. The number of nitrogen functional groups attached to an aromatic ring is 1. The maximum absolute atomic E-state index is 12.8. The first-order chi connectivity index (χ1) is 13.5. The molecule has 3 aromatic carbocycles. The van der Waals surface area contributed by atoms with Gasteiger partial charge >= 0.3 is 0 Å². The summed E-state index contributed by atoms with van der Waals surface area (Å²) in [4.78, 5) is 19.9. The Balaban J connectivity index is 1.73. The van der Waals surface area contributed by atoms with Crippen LogP contribution in [0.5, 0.6) is 11.6 Å². The molecule has 0 saturated heterocycles. The fourth-order valence-electron chi connectivity index (χ4n) is 2.98. The number of rotatable bonds is 4. The van der Waals surface area contributed by atoms with Gasteiger partial charge in [-0.3, -0.25) is 9.79 Å². The van der Waals surface area contributed by atoms with Gasteiger partial charge in [-0.1, -0.05) is 6.07 Å². The van der Waals surface area contributed by atoms with Crippen molar-refractivity contribution in [3.05, 3.63) is 83.4 Å². The number of anilines is 1. The molecule has 0 aliphatic heterocycles. The number of ketones is 1. The Morgan fingerprint density at radius 3 is 2.46 bits per heavy atom. The number of H-pyrrole nitrogens is 1. The summed E-state index contributed by atoms with van der Waals surface area (Å²) in [5, 5.41) is 20.5. The summed E-state index contributed by atoms with van der Waals surface area (Å²) in [6, 6.07) is 18.4. The van der Waals surface area contributed by atoms with Crippen molar-refractivity contribution >= 4 is 34.3 Å². The van der Waals surface area contributed by atoms with E-state index in [0.29, 0.717) is 39.0 Å². The average molecular weight is 371 g/mol. The third-order valence-electron chi connectivity index (χ3n) is 4.43. The molecule has 138 valence electrons. The van der Waals surface area contributed by atoms with Crippen molar-refractivity contribution in [3.63, 3.8) is 0 Å². The lowest BCUT2D eigenvalue weighted by Gasteiger charge is -2.03. The lowest BCUT2D eigenvalue weighted by atomic mass is 10.0. The van der Waals surface area contributed by atoms with E-state index in [1.54, 1.807) is 60.7 Å². The van der Waals surface area contributed by atoms with Gasteiger partial charge in [0, 0.05) is 40.0 Å². The molecule has 5 N–H and O–H groups in total. The van der Waals surface area contributed by atoms with Crippen LogP contribution in [0.15, 0.2) is 71.7 Å². The van der Waals surface area contributed by atoms with Gasteiger partial charge in [-0.05, 0) is 54.6 Å². The lowest BCUT2D eigenvalue weighted by molar-refractivity contribution is 0.103. The van der Waals surface area contributed by atoms with Crippen LogP contribution in [0, 0.1) is 0 Å². The standard InChI is InChI=1S/C22H17N3O3/c23-15-7-4-13(5-8-15)21(27)14-6-9-20-18(10-14)19(22(28)25-20)12-24-16-2-1-3-17(26)11-16/h1-12,25-26,28H,23H2. The van der Waals surface area contributed by atoms with Crippen molar-refractivity contribution in [2.45, 2.75) is 0 Å². The fraction of sp³-hybridized carbons (Fsp3) is 0. The number of carbonyl (C=O) groups is 1. The number of benzene rings is 3. The molecule has 0 saturated carbocycles. The van der Waals surface area contributed by atoms with Crippen LogP contribution < -0.4 is 5.73 Å². The van der Waals surface area contributed by atoms with Crippen LogP contribution in [-0.2, 0) is 0 Å². The Morgan fingerprint density at radius 2 is 1.71 bits per heavy atom. The molecular weight excluding hydrogens is 354 g/mol. The number of carbonyl (C=O) groups excluding carboxylic acids is 1. The Kier molecular flexibility index (Phi) is 4.29. The quantitative estimate of drug-likeness (QED) is 0.245. The van der Waals surface area contributed by atoms with Crippen molar-refractivity contribution in [3.8, 4) is 11.6 Å². The predicted octanol–water partition coefficient (Wildman–Crippen LogP) is 4.14. The van der Waals surface area contributed by atoms with Gasteiger partial charge in [0.15, 0.2) is 11.7 Å². The topological polar surface area (TPSA) is 112 Å². The molecule has 1 aromatic heterocycles. The minimum absolute atomic E-state index is 0.0454. The maximum Gasteiger partial charge on any atom is 0.198 e. The molecule has 0 fully saturated rings. The zero-order chi connectivity index (χ0) is 19.7. The summed E-state index contributed by atoms with van der Waals surface area (Å²) >= 11 is 0. The zero-order valence-corrected chi connectivity index (χ0v) is 14.8. The number of hydrogen-bond acceptors (Lipinski definition) is 5. The third-order valence-corrected chi connectivity index (χ3v) is 4.43. The molecule has 28 heavy (non-hydrogen) atoms. The summed E-state index contributed by atoms with van der Waals surface area (Å²) in [7, 11) is 0. The number of nitrogens with two attached hydrogens (primary N) is 1. The van der Waals surface area contributed by atoms with Gasteiger partial charge in [-0.25, -0.2) is 0 Å². The van der Waals surface area contributed by atoms with Crippen LogP contribution in [0.1, 0.15) is 21.5 Å². The summed E-state index contributed by atoms with van der Waals surface area (Å²) in [6.07, 6.45) is 1.50. The number of hydrogen-bond donors (Lipinski definition) is 4. The second-order valence-electron chi connectivity index (χ2n) is 6.38. The molecule has 0 amide bonds. The maximum atomic E-state index is 12.8. The van der Waals surface area contributed by atoms with Gasteiger partial charge in [-0.2, -0.15) is 0 Å². The number of aliphatic imine (C=N–C) groups is 1. The molecule has 6 nitrogen and oxygen atoms in total. The van der Waals surface area contributed by atoms with Crippen LogP contribution in [0.2, 0.25) is 0 Å². The van der Waals surface area contributed by atoms with E-state index >= 15 is 0 Å². The van der Waals surface area contributed by atoms with Crippen LogP contribution in [0.4, 0.5) is 11.4 Å². The van der Waals surface area contributed by atoms with Crippen LogP contribution >= 0.6 is 0 Å². The predicted molar refractivity (Wildman–Crippen MR) is 110 cm³/mol. The summed E-state index contributed by atoms with van der Waals surface area (Å²) in [5.74, 6) is -0.0800. The van der Waals surface area contributed by atoms with Crippen molar-refractivity contribution < 1.29 is 15.0 Å². The Bertz CT molecular complexity index is 1210. The van der Waals surface area contributed by atoms with E-state index in [-0.39, 0.29) is 17.4 Å². The number of fused-ring (bicyclic) bond motifs is 1. The summed E-state index contributed by atoms with van der Waals surface area (Å²) in [5.41, 5.74) is 8.98. The molecule has 0 atom stereocenters. The molecule has 6 heteroatoms. The first-order valence-electron chi connectivity index (χ1n) is 8.59. The average Bonchev–Trinajstić information content (AvgIpc) is 3.00. The number of nitrogens with zero attached hydrogens (tertiary/aromatic N) is 1. The van der Waals surface area contributed by atoms with Gasteiger partial charge in [0.2, 0.25) is 0 Å². The summed E-state index contributed by atoms with van der Waals surface area (Å²) < 4.78 is 0. The Morgan fingerprint density at radius 1 is 0.964 bits per heavy atom. The molecule has 0 aliphatic carbocycles. The largest absolute Gasteiger partial charge is 0.508 e. The second-order valence-corrected chi connectivity index (χ2v) is 6.38. The first-order valence-corrected chi connectivity index (χ1v) is 8.59. The molecule has 0 radical (unpaired) electrons. The number of aromatic amines is 1. The van der Waals surface area contributed by atoms with Gasteiger partial charge in [0.25, 0.3) is 0 Å². The smallest absolute Gasteiger partial charge is 0.198 e. The molecule has 0 bridgehead atoms. The minimum atomic E-state index is -0.140. The highest BCUT2D eigenvalue weighted by molar-refractivity contribution is 6.12. The fourth-order valence-corrected chi connectivity index (χ4v) is 2.98. The van der Waals surface area contributed by atoms with E-state index in [9.17, 15) is 15.0 Å². The Hall–Kier alpha value is -4.06. The second kappa shape index (κ2) is 6.92. The van der Waals surface area contributed by atoms with E-state index in [2.05, 4.69) is 9.98 Å². The van der Waals surface area contributed by atoms with Crippen molar-refractivity contribution in [1.82, 2.24) is 4.98 Å². The minimum Gasteiger partial charge on any atom is -0.508 e. The SMILES string of the molecule is Nc1ccc(C(=O)c2ccc3[nH]c(O)c(C=Nc4cccc(O)c4)c3c2)cc1. The van der Waals surface area contributed by atoms with Gasteiger partial charge < -0.3 is 20.9 Å². The van der Waals surface area contributed by atoms with E-state index in [4.69, 9.17) is 5.73 Å². The molecule has 4 rings (SSSR count). The van der Waals surface area contributed by atoms with E-state index in [1.807, 2.05) is 0 Å². The molecule has 1 heterocycles. The Labute approximate surface area is 160 Å². The zero-order valence-electron chi connectivity index (χ0n) is 14.8. The molecule has 0 unspecified atom stereocenters. The lowest BCUT2D eigenvalue weighted by Crippen LogP contribution is -2.01. The van der Waals surface area contributed by atoms with E-state index in [0.717, 1.165) is 0 Å². The molecular formula is C22H17N3O3. The van der Waals surface area contributed by atoms with E-state index < -0.39 is 0 Å². The summed E-state index contributed by atoms with van der Waals surface area (Å²) in [6.45, 7) is 0. The van der Waals surface area contributed by atoms with Crippen LogP contribution in [0.3, 0.4) is 0 Å². The number of nitrogens with one attached hydrogen (secondary N) is 1. The molecule has 0 spiro atoms. The van der Waals surface area contributed by atoms with Gasteiger partial charge in [0.05, 0.1) is 11.3 Å². The molecule has 0 aliphatic rings. The van der Waals surface area contributed by atoms with Crippen LogP contribution in [-0.4, -0.2) is 27.2 Å². The number of aromatic nitrogens is 1. The number of phenols is 1. The highest BCUT2D eigenvalue weighted by atomic mass is 16.3. The number of aromatic hydroxyl groups is 2. The van der Waals surface area contributed by atoms with Crippen LogP contribution in [0.25, 0.3) is 10.9 Å². The van der Waals surface area contributed by atoms with Crippen molar-refractivity contribution in [2.75, 3.05) is 5.73 Å². The van der Waals surface area contributed by atoms with Gasteiger partial charge in [-0.15, -0.1) is 0 Å². The third kappa shape index (κ3) is 3.31. The monoisotopic (exact) mass is 371 g/mol. The van der Waals surface area contributed by atoms with Crippen molar-refractivity contribution in [2.24, 2.45) is 4.99 Å². The van der Waals surface area contributed by atoms with E-state index in [1.165, 1.54) is 12.3 Å². The van der Waals surface area contributed by atoms with Crippen molar-refractivity contribution in [1.29, 1.82) is 0 Å². The normalized spacial score (nSPS) is 11.3. The first kappa shape index (κ1) is 17.4. The number of phenolic OH excluding ortho intramolecular Hbond substituents is 1.